The Balaban J connectivity index is 1.77. The van der Waals surface area contributed by atoms with Crippen LogP contribution in [0.1, 0.15) is 35.8 Å². The molecule has 4 rings (SSSR count). The highest BCUT2D eigenvalue weighted by molar-refractivity contribution is 7.13. The molecule has 2 bridgehead atoms. The van der Waals surface area contributed by atoms with Crippen molar-refractivity contribution in [1.29, 1.82) is 0 Å². The summed E-state index contributed by atoms with van der Waals surface area (Å²) in [6.07, 6.45) is 3.18. The van der Waals surface area contributed by atoms with Crippen molar-refractivity contribution in [3.8, 4) is 28.7 Å². The molecule has 13 heteroatoms. The van der Waals surface area contributed by atoms with Crippen LogP contribution in [-0.4, -0.2) is 44.4 Å². The second kappa shape index (κ2) is 12.8. The van der Waals surface area contributed by atoms with Gasteiger partial charge in [0.2, 0.25) is 17.2 Å². The Kier molecular flexibility index (Phi) is 8.99. The maximum atomic E-state index is 13.8. The van der Waals surface area contributed by atoms with Crippen molar-refractivity contribution < 1.29 is 42.9 Å². The van der Waals surface area contributed by atoms with Crippen molar-refractivity contribution in [3.05, 3.63) is 65.1 Å². The molecule has 1 atom stereocenters. The molecule has 1 aliphatic rings. The zero-order valence-corrected chi connectivity index (χ0v) is 23.2. The van der Waals surface area contributed by atoms with E-state index in [1.54, 1.807) is 25.4 Å². The van der Waals surface area contributed by atoms with E-state index in [0.29, 0.717) is 11.3 Å². The van der Waals surface area contributed by atoms with E-state index in [0.717, 1.165) is 24.1 Å². The quantitative estimate of drug-likeness (QED) is 0.162. The minimum Gasteiger partial charge on any atom is -0.490 e. The summed E-state index contributed by atoms with van der Waals surface area (Å²) in [5.74, 6) is -5.43. The molecular formula is C28H25N3O9S. The Morgan fingerprint density at radius 3 is 2.15 bits per heavy atom. The Labute approximate surface area is 238 Å². The Hall–Kier alpha value is -5.17. The van der Waals surface area contributed by atoms with E-state index >= 15 is 0 Å². The summed E-state index contributed by atoms with van der Waals surface area (Å²) in [6.45, 7) is 2.85. The number of hydrogen-bond donors (Lipinski definition) is 2. The average Bonchev–Trinajstić information content (AvgIpc) is 3.46. The van der Waals surface area contributed by atoms with Crippen LogP contribution < -0.4 is 34.3 Å². The van der Waals surface area contributed by atoms with E-state index in [-0.39, 0.29) is 17.2 Å². The number of fused-ring (bicyclic) bond motifs is 2. The van der Waals surface area contributed by atoms with Crippen LogP contribution in [0, 0.1) is 0 Å². The summed E-state index contributed by atoms with van der Waals surface area (Å²) in [5.41, 5.74) is 0.968. The summed E-state index contributed by atoms with van der Waals surface area (Å²) in [5, 5.41) is 8.67. The third kappa shape index (κ3) is 6.53. The Morgan fingerprint density at radius 1 is 0.951 bits per heavy atom. The molecule has 0 saturated heterocycles. The molecule has 0 fully saturated rings. The number of para-hydroxylation sites is 1. The van der Waals surface area contributed by atoms with Gasteiger partial charge in [0.15, 0.2) is 11.5 Å². The monoisotopic (exact) mass is 579 g/mol. The van der Waals surface area contributed by atoms with E-state index in [9.17, 15) is 19.2 Å². The van der Waals surface area contributed by atoms with Gasteiger partial charge in [-0.2, -0.15) is 0 Å². The van der Waals surface area contributed by atoms with Gasteiger partial charge in [-0.15, -0.1) is 11.3 Å². The number of aliphatic imine (C=N–C) groups is 1. The van der Waals surface area contributed by atoms with Gasteiger partial charge in [0.25, 0.3) is 5.91 Å². The van der Waals surface area contributed by atoms with Gasteiger partial charge in [-0.3, -0.25) is 9.59 Å². The molecule has 0 aliphatic carbocycles. The van der Waals surface area contributed by atoms with Crippen molar-refractivity contribution >= 4 is 52.2 Å². The molecule has 0 spiro atoms. The fourth-order valence-corrected chi connectivity index (χ4v) is 4.48. The summed E-state index contributed by atoms with van der Waals surface area (Å²) in [4.78, 5) is 55.0. The van der Waals surface area contributed by atoms with Gasteiger partial charge < -0.3 is 34.3 Å². The molecule has 212 valence electrons. The molecule has 41 heavy (non-hydrogen) atoms. The van der Waals surface area contributed by atoms with Crippen LogP contribution in [0.15, 0.2) is 58.9 Å². The van der Waals surface area contributed by atoms with Gasteiger partial charge >= 0.3 is 17.9 Å². The number of anilines is 1. The first-order valence-electron chi connectivity index (χ1n) is 12.1. The second-order valence-electron chi connectivity index (χ2n) is 8.33. The molecule has 1 aromatic heterocycles. The Bertz CT molecular complexity index is 1500. The van der Waals surface area contributed by atoms with Crippen molar-refractivity contribution in [3.63, 3.8) is 0 Å². The molecule has 0 radical (unpaired) electrons. The summed E-state index contributed by atoms with van der Waals surface area (Å²) < 4.78 is 26.8. The molecule has 2 aromatic carbocycles. The second-order valence-corrected chi connectivity index (χ2v) is 9.26. The van der Waals surface area contributed by atoms with Gasteiger partial charge in [-0.25, -0.2) is 14.6 Å². The van der Waals surface area contributed by atoms with Gasteiger partial charge in [0, 0.05) is 24.8 Å². The first kappa shape index (κ1) is 28.8. The largest absolute Gasteiger partial charge is 0.490 e. The highest BCUT2D eigenvalue weighted by atomic mass is 32.1. The molecule has 1 amide bonds. The molecule has 2 heterocycles. The number of nitrogens with one attached hydrogen (secondary N) is 2. The summed E-state index contributed by atoms with van der Waals surface area (Å²) >= 11 is 1.48. The van der Waals surface area contributed by atoms with Crippen LogP contribution in [-0.2, 0) is 14.4 Å². The van der Waals surface area contributed by atoms with E-state index in [4.69, 9.17) is 23.7 Å². The normalized spacial score (nSPS) is 14.0. The van der Waals surface area contributed by atoms with Crippen LogP contribution in [0.25, 0.3) is 0 Å². The number of carbonyl (C=O) groups is 4. The maximum Gasteiger partial charge on any atom is 0.336 e. The molecule has 0 saturated carbocycles. The predicted octanol–water partition coefficient (Wildman–Crippen LogP) is 4.33. The number of benzene rings is 2. The average molecular weight is 580 g/mol. The zero-order valence-electron chi connectivity index (χ0n) is 22.4. The van der Waals surface area contributed by atoms with Crippen molar-refractivity contribution in [2.24, 2.45) is 4.99 Å². The Morgan fingerprint density at radius 2 is 1.59 bits per heavy atom. The predicted molar refractivity (Wildman–Crippen MR) is 150 cm³/mol. The standard InChI is InChI=1S/C28H25N3O9S/c1-15(17-8-5-6-9-18(17)29-14-30-19-10-7-13-41-19)31-28(35)22-23-25(36-3)27(38-16(2)32)26(37-4)24(22)40-21(34)12-11-20(33)39-23/h5-15H,1-4H3,(H,29,30)(H,31,35)/b12-11+. The first-order valence-corrected chi connectivity index (χ1v) is 13.0. The molecule has 1 aliphatic heterocycles. The van der Waals surface area contributed by atoms with Crippen LogP contribution in [0.3, 0.4) is 0 Å². The molecule has 3 aromatic rings. The van der Waals surface area contributed by atoms with Gasteiger partial charge in [0.1, 0.15) is 10.6 Å². The van der Waals surface area contributed by atoms with Crippen molar-refractivity contribution in [2.45, 2.75) is 19.9 Å². The fraction of sp³-hybridized carbons (Fsp3) is 0.179. The number of nitrogens with zero attached hydrogens (tertiary/aromatic N) is 1. The van der Waals surface area contributed by atoms with Gasteiger partial charge in [-0.1, -0.05) is 18.2 Å². The van der Waals surface area contributed by atoms with E-state index in [1.165, 1.54) is 25.6 Å². The number of thiophene rings is 1. The van der Waals surface area contributed by atoms with E-state index in [1.807, 2.05) is 29.6 Å². The number of amides is 1. The van der Waals surface area contributed by atoms with Crippen LogP contribution in [0.5, 0.6) is 28.7 Å². The van der Waals surface area contributed by atoms with E-state index < -0.39 is 46.9 Å². The maximum absolute atomic E-state index is 13.8. The van der Waals surface area contributed by atoms with Gasteiger partial charge in [0.05, 0.1) is 26.6 Å². The third-order valence-electron chi connectivity index (χ3n) is 5.61. The molecule has 2 N–H and O–H groups in total. The number of rotatable bonds is 9. The SMILES string of the molecule is COc1c(OC(C)=O)c(OC)c2c(C(=O)NC(C)c3ccccc3N/C=N/c3cccs3)c1OC(=O)/C=C/C(=O)O2. The van der Waals surface area contributed by atoms with Crippen molar-refractivity contribution in [2.75, 3.05) is 19.5 Å². The lowest BCUT2D eigenvalue weighted by Gasteiger charge is -2.23. The lowest BCUT2D eigenvalue weighted by Crippen LogP contribution is -2.29. The zero-order chi connectivity index (χ0) is 29.5. The minimum atomic E-state index is -1.01. The molecular weight excluding hydrogens is 554 g/mol. The van der Waals surface area contributed by atoms with Crippen LogP contribution >= 0.6 is 11.3 Å². The van der Waals surface area contributed by atoms with Crippen LogP contribution in [0.4, 0.5) is 10.7 Å². The first-order chi connectivity index (χ1) is 19.7. The minimum absolute atomic E-state index is 0.301. The summed E-state index contributed by atoms with van der Waals surface area (Å²) in [7, 11) is 2.43. The lowest BCUT2D eigenvalue weighted by atomic mass is 10.0. The fourth-order valence-electron chi connectivity index (χ4n) is 3.91. The highest BCUT2D eigenvalue weighted by Gasteiger charge is 2.36. The molecule has 12 nitrogen and oxygen atoms in total. The smallest absolute Gasteiger partial charge is 0.336 e. The molecule has 1 unspecified atom stereocenters. The number of methoxy groups -OCH3 is 2. The number of carbonyl (C=O) groups excluding carboxylic acids is 4. The van der Waals surface area contributed by atoms with Crippen LogP contribution in [0.2, 0.25) is 0 Å². The highest BCUT2D eigenvalue weighted by Crippen LogP contribution is 2.54. The third-order valence-corrected chi connectivity index (χ3v) is 6.39. The topological polar surface area (TPSA) is 151 Å². The van der Waals surface area contributed by atoms with Crippen molar-refractivity contribution in [1.82, 2.24) is 5.32 Å². The number of ether oxygens (including phenoxy) is 5. The number of esters is 3. The van der Waals surface area contributed by atoms with Gasteiger partial charge in [-0.05, 0) is 36.1 Å². The summed E-state index contributed by atoms with van der Waals surface area (Å²) in [6, 6.07) is 10.4. The van der Waals surface area contributed by atoms with E-state index in [2.05, 4.69) is 15.6 Å². The lowest BCUT2D eigenvalue weighted by molar-refractivity contribution is -0.132. The number of hydrogen-bond acceptors (Lipinski definition) is 11.